The number of hydrogen-bond donors (Lipinski definition) is 2. The second-order valence-corrected chi connectivity index (χ2v) is 10.7. The minimum Gasteiger partial charge on any atom is -0.328 e. The first-order valence-electron chi connectivity index (χ1n) is 13.2. The lowest BCUT2D eigenvalue weighted by Gasteiger charge is -2.44. The Morgan fingerprint density at radius 1 is 1.19 bits per heavy atom. The fourth-order valence-electron chi connectivity index (χ4n) is 5.93. The molecule has 0 spiro atoms. The molecular weight excluding hydrogens is 467 g/mol. The smallest absolute Gasteiger partial charge is 0.328 e. The zero-order valence-corrected chi connectivity index (χ0v) is 21.3. The minimum atomic E-state index is -4.65. The summed E-state index contributed by atoms with van der Waals surface area (Å²) in [5.74, 6) is 1.03. The summed E-state index contributed by atoms with van der Waals surface area (Å²) in [7, 11) is 0. The van der Waals surface area contributed by atoms with E-state index in [1.807, 2.05) is 24.3 Å². The van der Waals surface area contributed by atoms with E-state index in [9.17, 15) is 18.0 Å². The van der Waals surface area contributed by atoms with Gasteiger partial charge in [0, 0.05) is 17.6 Å². The number of hydrogen-bond acceptors (Lipinski definition) is 3. The number of alkyl halides is 3. The molecular formula is C28H39F3N3O2+. The maximum Gasteiger partial charge on any atom is 0.523 e. The fraction of sp³-hybridized carbons (Fsp3) is 0.607. The Labute approximate surface area is 212 Å². The molecule has 2 fully saturated rings. The number of rotatable bonds is 7. The number of halogens is 3. The number of carbonyl (C=O) groups excluding carboxylic acids is 1. The quantitative estimate of drug-likeness (QED) is 0.594. The van der Waals surface area contributed by atoms with Crippen LogP contribution in [-0.2, 0) is 9.53 Å². The zero-order chi connectivity index (χ0) is 25.7. The highest BCUT2D eigenvalue weighted by Crippen LogP contribution is 2.29. The van der Waals surface area contributed by atoms with Crippen LogP contribution < -0.4 is 10.2 Å². The Kier molecular flexibility index (Phi) is 8.91. The van der Waals surface area contributed by atoms with Gasteiger partial charge < -0.3 is 15.1 Å². The third-order valence-electron chi connectivity index (χ3n) is 7.81. The molecule has 1 aromatic carbocycles. The second kappa shape index (κ2) is 11.9. The highest BCUT2D eigenvalue weighted by atomic mass is 19.4. The van der Waals surface area contributed by atoms with Crippen molar-refractivity contribution < 1.29 is 27.6 Å². The number of ether oxygens (including phenoxy) is 1. The van der Waals surface area contributed by atoms with Gasteiger partial charge in [-0.2, -0.15) is 0 Å². The molecule has 1 aromatic rings. The van der Waals surface area contributed by atoms with Gasteiger partial charge in [0.2, 0.25) is 5.91 Å². The SMILES string of the molecule is CC(C)[C@H]1C[NH+](C(C2=CCC(OC(F)(F)F)C=C2)c2ccccc2)CCN1C(=O)CC1CCNCC1. The fourth-order valence-corrected chi connectivity index (χ4v) is 5.93. The summed E-state index contributed by atoms with van der Waals surface area (Å²) in [4.78, 5) is 16.8. The molecule has 4 rings (SSSR count). The predicted molar refractivity (Wildman–Crippen MR) is 133 cm³/mol. The monoisotopic (exact) mass is 506 g/mol. The number of benzene rings is 1. The van der Waals surface area contributed by atoms with Gasteiger partial charge >= 0.3 is 6.36 Å². The summed E-state index contributed by atoms with van der Waals surface area (Å²) in [5, 5.41) is 3.37. The topological polar surface area (TPSA) is 46.0 Å². The van der Waals surface area contributed by atoms with Crippen LogP contribution in [0.15, 0.2) is 54.1 Å². The van der Waals surface area contributed by atoms with E-state index in [0.29, 0.717) is 24.8 Å². The number of quaternary nitrogens is 1. The van der Waals surface area contributed by atoms with Gasteiger partial charge in [-0.15, -0.1) is 13.2 Å². The van der Waals surface area contributed by atoms with Crippen LogP contribution in [-0.4, -0.2) is 62.0 Å². The molecule has 3 aliphatic rings. The number of piperazine rings is 1. The predicted octanol–water partition coefficient (Wildman–Crippen LogP) is 3.66. The van der Waals surface area contributed by atoms with Crippen molar-refractivity contribution in [2.24, 2.45) is 11.8 Å². The van der Waals surface area contributed by atoms with Gasteiger partial charge in [0.1, 0.15) is 6.04 Å². The van der Waals surface area contributed by atoms with Crippen LogP contribution >= 0.6 is 0 Å². The average molecular weight is 507 g/mol. The van der Waals surface area contributed by atoms with Crippen molar-refractivity contribution in [1.82, 2.24) is 10.2 Å². The molecule has 198 valence electrons. The standard InChI is InChI=1S/C28H38F3N3O2/c1-20(2)25-19-33(16-17-34(25)26(35)18-21-12-14-32-15-13-21)27(22-6-4-3-5-7-22)23-8-10-24(11-9-23)36-28(29,30)31/h3-10,20-21,24-25,27,32H,11-19H2,1-2H3/p+1/t24?,25-,27?/m1/s1. The van der Waals surface area contributed by atoms with Crippen LogP contribution in [0, 0.1) is 11.8 Å². The molecule has 1 amide bonds. The average Bonchev–Trinajstić information content (AvgIpc) is 2.85. The highest BCUT2D eigenvalue weighted by molar-refractivity contribution is 5.77. The second-order valence-electron chi connectivity index (χ2n) is 10.7. The van der Waals surface area contributed by atoms with E-state index in [1.165, 1.54) is 11.0 Å². The van der Waals surface area contributed by atoms with E-state index < -0.39 is 12.5 Å². The van der Waals surface area contributed by atoms with Crippen LogP contribution in [0.3, 0.4) is 0 Å². The lowest BCUT2D eigenvalue weighted by Crippen LogP contribution is -3.16. The first-order chi connectivity index (χ1) is 17.2. The Morgan fingerprint density at radius 3 is 2.53 bits per heavy atom. The van der Waals surface area contributed by atoms with Crippen molar-refractivity contribution in [3.05, 3.63) is 59.7 Å². The zero-order valence-electron chi connectivity index (χ0n) is 21.3. The third kappa shape index (κ3) is 6.99. The van der Waals surface area contributed by atoms with Gasteiger partial charge in [0.25, 0.3) is 0 Å². The summed E-state index contributed by atoms with van der Waals surface area (Å²) in [6.07, 6.45) is 2.49. The first-order valence-corrected chi connectivity index (χ1v) is 13.2. The lowest BCUT2D eigenvalue weighted by atomic mass is 9.89. The van der Waals surface area contributed by atoms with Crippen molar-refractivity contribution in [1.29, 1.82) is 0 Å². The van der Waals surface area contributed by atoms with E-state index >= 15 is 0 Å². The molecule has 5 nitrogen and oxygen atoms in total. The molecule has 1 aliphatic carbocycles. The number of nitrogens with one attached hydrogen (secondary N) is 2. The van der Waals surface area contributed by atoms with E-state index in [0.717, 1.165) is 50.2 Å². The van der Waals surface area contributed by atoms with Gasteiger partial charge in [-0.3, -0.25) is 9.53 Å². The largest absolute Gasteiger partial charge is 0.523 e. The summed E-state index contributed by atoms with van der Waals surface area (Å²) in [6.45, 7) is 8.63. The van der Waals surface area contributed by atoms with Crippen LogP contribution in [0.4, 0.5) is 13.2 Å². The van der Waals surface area contributed by atoms with E-state index in [1.54, 1.807) is 6.08 Å². The van der Waals surface area contributed by atoms with Crippen LogP contribution in [0.2, 0.25) is 0 Å². The van der Waals surface area contributed by atoms with Crippen molar-refractivity contribution in [3.63, 3.8) is 0 Å². The number of piperidine rings is 1. The van der Waals surface area contributed by atoms with E-state index in [-0.39, 0.29) is 24.4 Å². The maximum atomic E-state index is 13.3. The molecule has 36 heavy (non-hydrogen) atoms. The summed E-state index contributed by atoms with van der Waals surface area (Å²) < 4.78 is 42.3. The van der Waals surface area contributed by atoms with Crippen LogP contribution in [0.5, 0.6) is 0 Å². The molecule has 0 radical (unpaired) electrons. The van der Waals surface area contributed by atoms with Crippen molar-refractivity contribution >= 4 is 5.91 Å². The van der Waals surface area contributed by atoms with E-state index in [2.05, 4.69) is 40.9 Å². The van der Waals surface area contributed by atoms with Gasteiger partial charge in [-0.1, -0.05) is 62.4 Å². The normalized spacial score (nSPS) is 26.7. The number of nitrogens with zero attached hydrogens (tertiary/aromatic N) is 1. The van der Waals surface area contributed by atoms with Gasteiger partial charge in [0.05, 0.1) is 31.8 Å². The molecule has 3 unspecified atom stereocenters. The number of amides is 1. The van der Waals surface area contributed by atoms with Crippen molar-refractivity contribution in [2.45, 2.75) is 64.1 Å². The van der Waals surface area contributed by atoms with Crippen molar-refractivity contribution in [3.8, 4) is 0 Å². The molecule has 0 bridgehead atoms. The summed E-state index contributed by atoms with van der Waals surface area (Å²) >= 11 is 0. The Morgan fingerprint density at radius 2 is 1.92 bits per heavy atom. The molecule has 0 saturated carbocycles. The summed E-state index contributed by atoms with van der Waals surface area (Å²) in [6, 6.07) is 10.3. The maximum absolute atomic E-state index is 13.3. The van der Waals surface area contributed by atoms with Crippen molar-refractivity contribution in [2.75, 3.05) is 32.7 Å². The molecule has 4 atom stereocenters. The molecule has 2 saturated heterocycles. The molecule has 0 aromatic heterocycles. The Hall–Kier alpha value is -2.16. The number of carbonyl (C=O) groups is 1. The van der Waals surface area contributed by atoms with Gasteiger partial charge in [-0.25, -0.2) is 0 Å². The van der Waals surface area contributed by atoms with Crippen LogP contribution in [0.25, 0.3) is 0 Å². The summed E-state index contributed by atoms with van der Waals surface area (Å²) in [5.41, 5.74) is 2.14. The molecule has 8 heteroatoms. The highest BCUT2D eigenvalue weighted by Gasteiger charge is 2.40. The van der Waals surface area contributed by atoms with E-state index in [4.69, 9.17) is 0 Å². The lowest BCUT2D eigenvalue weighted by molar-refractivity contribution is -0.933. The minimum absolute atomic E-state index is 0.00259. The first kappa shape index (κ1) is 26.9. The Bertz CT molecular complexity index is 926. The molecule has 2 heterocycles. The van der Waals surface area contributed by atoms with Gasteiger partial charge in [0.15, 0.2) is 0 Å². The molecule has 2 aliphatic heterocycles. The van der Waals surface area contributed by atoms with Gasteiger partial charge in [-0.05, 0) is 44.2 Å². The van der Waals surface area contributed by atoms with Crippen LogP contribution in [0.1, 0.15) is 51.1 Å². The Balaban J connectivity index is 1.50. The molecule has 2 N–H and O–H groups in total. The third-order valence-corrected chi connectivity index (χ3v) is 7.81.